The maximum atomic E-state index is 11.0. The third kappa shape index (κ3) is 1.80. The number of hydrogen-bond acceptors (Lipinski definition) is 3. The average Bonchev–Trinajstić information content (AvgIpc) is 2.36. The predicted molar refractivity (Wildman–Crippen MR) is 39.2 cm³/mol. The number of ether oxygens (including phenoxy) is 1. The zero-order valence-corrected chi connectivity index (χ0v) is 6.57. The van der Waals surface area contributed by atoms with Crippen LogP contribution in [0.2, 0.25) is 0 Å². The molecule has 0 aromatic carbocycles. The largest absolute Gasteiger partial charge is 0.461 e. The zero-order valence-electron chi connectivity index (χ0n) is 6.57. The Balaban J connectivity index is 2.69. The summed E-state index contributed by atoms with van der Waals surface area (Å²) in [5.74, 6) is -0.367. The number of aryl methyl sites for hydroxylation is 1. The fourth-order valence-corrected chi connectivity index (χ4v) is 0.729. The minimum Gasteiger partial charge on any atom is -0.461 e. The van der Waals surface area contributed by atoms with Gasteiger partial charge < -0.3 is 4.74 Å². The lowest BCUT2D eigenvalue weighted by atomic mass is 10.4. The van der Waals surface area contributed by atoms with Crippen molar-refractivity contribution in [3.63, 3.8) is 0 Å². The van der Waals surface area contributed by atoms with Gasteiger partial charge in [-0.2, -0.15) is 5.10 Å². The molecular weight excluding hydrogens is 144 g/mol. The van der Waals surface area contributed by atoms with Crippen LogP contribution in [0.1, 0.15) is 17.4 Å². The molecule has 0 unspecified atom stereocenters. The third-order valence-electron chi connectivity index (χ3n) is 1.20. The molecule has 0 saturated heterocycles. The second-order valence-electron chi connectivity index (χ2n) is 2.10. The van der Waals surface area contributed by atoms with Gasteiger partial charge in [0.15, 0.2) is 5.69 Å². The lowest BCUT2D eigenvalue weighted by molar-refractivity contribution is 0.0518. The molecule has 0 aliphatic carbocycles. The van der Waals surface area contributed by atoms with Gasteiger partial charge in [0.25, 0.3) is 0 Å². The molecule has 1 heterocycles. The van der Waals surface area contributed by atoms with Crippen molar-refractivity contribution in [2.45, 2.75) is 6.92 Å². The first-order valence-corrected chi connectivity index (χ1v) is 3.41. The Kier molecular flexibility index (Phi) is 2.25. The number of carbonyl (C=O) groups is 1. The van der Waals surface area contributed by atoms with Crippen molar-refractivity contribution < 1.29 is 9.53 Å². The van der Waals surface area contributed by atoms with E-state index in [0.717, 1.165) is 0 Å². The molecule has 0 radical (unpaired) electrons. The van der Waals surface area contributed by atoms with E-state index in [9.17, 15) is 4.79 Å². The van der Waals surface area contributed by atoms with Crippen LogP contribution in [0.15, 0.2) is 12.3 Å². The zero-order chi connectivity index (χ0) is 8.27. The molecule has 0 saturated carbocycles. The second kappa shape index (κ2) is 3.18. The van der Waals surface area contributed by atoms with Gasteiger partial charge in [-0.3, -0.25) is 4.68 Å². The van der Waals surface area contributed by atoms with Crippen molar-refractivity contribution in [1.29, 1.82) is 0 Å². The summed E-state index contributed by atoms with van der Waals surface area (Å²) < 4.78 is 6.29. The molecule has 0 fully saturated rings. The van der Waals surface area contributed by atoms with Crippen molar-refractivity contribution in [1.82, 2.24) is 9.78 Å². The fraction of sp³-hybridized carbons (Fsp3) is 0.429. The van der Waals surface area contributed by atoms with Crippen molar-refractivity contribution in [3.8, 4) is 0 Å². The molecule has 4 heteroatoms. The van der Waals surface area contributed by atoms with E-state index in [0.29, 0.717) is 12.3 Å². The lowest BCUT2D eigenvalue weighted by Gasteiger charge is -1.95. The van der Waals surface area contributed by atoms with Gasteiger partial charge in [-0.25, -0.2) is 4.79 Å². The minimum absolute atomic E-state index is 0.356. The van der Waals surface area contributed by atoms with Crippen LogP contribution in [-0.4, -0.2) is 22.4 Å². The van der Waals surface area contributed by atoms with Crippen LogP contribution >= 0.6 is 0 Å². The Bertz CT molecular complexity index is 255. The number of nitrogens with zero attached hydrogens (tertiary/aromatic N) is 2. The Morgan fingerprint density at radius 2 is 2.55 bits per heavy atom. The van der Waals surface area contributed by atoms with Crippen molar-refractivity contribution in [2.75, 3.05) is 6.61 Å². The fourth-order valence-electron chi connectivity index (χ4n) is 0.729. The van der Waals surface area contributed by atoms with E-state index >= 15 is 0 Å². The second-order valence-corrected chi connectivity index (χ2v) is 2.10. The van der Waals surface area contributed by atoms with Gasteiger partial charge in [-0.05, 0) is 13.0 Å². The lowest BCUT2D eigenvalue weighted by Crippen LogP contribution is -2.05. The highest BCUT2D eigenvalue weighted by Crippen LogP contribution is 1.96. The molecule has 1 rings (SSSR count). The summed E-state index contributed by atoms with van der Waals surface area (Å²) in [6, 6.07) is 1.62. The standard InChI is InChI=1S/C7H10N2O2/c1-3-11-7(10)6-4-5-9(2)8-6/h4-5H,3H2,1-2H3. The van der Waals surface area contributed by atoms with Crippen LogP contribution in [0.3, 0.4) is 0 Å². The maximum Gasteiger partial charge on any atom is 0.358 e. The molecule has 0 aliphatic heterocycles. The van der Waals surface area contributed by atoms with E-state index in [1.54, 1.807) is 30.9 Å². The third-order valence-corrected chi connectivity index (χ3v) is 1.20. The van der Waals surface area contributed by atoms with Crippen molar-refractivity contribution >= 4 is 5.97 Å². The monoisotopic (exact) mass is 154 g/mol. The molecule has 1 aromatic rings. The Labute approximate surface area is 64.8 Å². The van der Waals surface area contributed by atoms with E-state index in [2.05, 4.69) is 5.10 Å². The van der Waals surface area contributed by atoms with Gasteiger partial charge >= 0.3 is 5.97 Å². The van der Waals surface area contributed by atoms with Crippen molar-refractivity contribution in [2.24, 2.45) is 7.05 Å². The van der Waals surface area contributed by atoms with Crippen LogP contribution in [-0.2, 0) is 11.8 Å². The van der Waals surface area contributed by atoms with E-state index in [-0.39, 0.29) is 5.97 Å². The van der Waals surface area contributed by atoms with Crippen LogP contribution in [0.25, 0.3) is 0 Å². The summed E-state index contributed by atoms with van der Waals surface area (Å²) in [5.41, 5.74) is 0.356. The first-order chi connectivity index (χ1) is 5.24. The molecular formula is C7H10N2O2. The molecule has 0 spiro atoms. The van der Waals surface area contributed by atoms with Crippen LogP contribution in [0, 0.1) is 0 Å². The van der Waals surface area contributed by atoms with Crippen LogP contribution < -0.4 is 0 Å². The Morgan fingerprint density at radius 3 is 3.00 bits per heavy atom. The SMILES string of the molecule is CCOC(=O)c1ccn(C)n1. The van der Waals surface area contributed by atoms with Crippen LogP contribution in [0.5, 0.6) is 0 Å². The Morgan fingerprint density at radius 1 is 1.82 bits per heavy atom. The smallest absolute Gasteiger partial charge is 0.358 e. The summed E-state index contributed by atoms with van der Waals surface area (Å²) in [7, 11) is 1.75. The summed E-state index contributed by atoms with van der Waals surface area (Å²) in [5, 5.41) is 3.87. The van der Waals surface area contributed by atoms with Gasteiger partial charge in [-0.1, -0.05) is 0 Å². The first-order valence-electron chi connectivity index (χ1n) is 3.41. The van der Waals surface area contributed by atoms with E-state index in [4.69, 9.17) is 4.74 Å². The molecule has 11 heavy (non-hydrogen) atoms. The molecule has 0 bridgehead atoms. The molecule has 0 N–H and O–H groups in total. The number of hydrogen-bond donors (Lipinski definition) is 0. The van der Waals surface area contributed by atoms with E-state index in [1.807, 2.05) is 0 Å². The summed E-state index contributed by atoms with van der Waals surface area (Å²) in [4.78, 5) is 11.0. The van der Waals surface area contributed by atoms with Gasteiger partial charge in [0.05, 0.1) is 6.61 Å². The summed E-state index contributed by atoms with van der Waals surface area (Å²) in [6.45, 7) is 2.15. The first kappa shape index (κ1) is 7.78. The molecule has 1 aromatic heterocycles. The van der Waals surface area contributed by atoms with E-state index in [1.165, 1.54) is 0 Å². The Hall–Kier alpha value is -1.32. The molecule has 0 amide bonds. The molecule has 60 valence electrons. The molecule has 0 aliphatic rings. The van der Waals surface area contributed by atoms with Crippen LogP contribution in [0.4, 0.5) is 0 Å². The number of esters is 1. The normalized spacial score (nSPS) is 9.64. The quantitative estimate of drug-likeness (QED) is 0.586. The van der Waals surface area contributed by atoms with Gasteiger partial charge in [0.1, 0.15) is 0 Å². The average molecular weight is 154 g/mol. The van der Waals surface area contributed by atoms with Gasteiger partial charge in [-0.15, -0.1) is 0 Å². The molecule has 0 atom stereocenters. The highest BCUT2D eigenvalue weighted by atomic mass is 16.5. The predicted octanol–water partition coefficient (Wildman–Crippen LogP) is 0.597. The summed E-state index contributed by atoms with van der Waals surface area (Å²) >= 11 is 0. The van der Waals surface area contributed by atoms with Gasteiger partial charge in [0, 0.05) is 13.2 Å². The number of aromatic nitrogens is 2. The van der Waals surface area contributed by atoms with Gasteiger partial charge in [0.2, 0.25) is 0 Å². The van der Waals surface area contributed by atoms with Crippen molar-refractivity contribution in [3.05, 3.63) is 18.0 Å². The van der Waals surface area contributed by atoms with E-state index < -0.39 is 0 Å². The molecule has 4 nitrogen and oxygen atoms in total. The highest BCUT2D eigenvalue weighted by Gasteiger charge is 2.07. The summed E-state index contributed by atoms with van der Waals surface area (Å²) in [6.07, 6.45) is 1.70. The highest BCUT2D eigenvalue weighted by molar-refractivity contribution is 5.86. The maximum absolute atomic E-state index is 11.0. The number of rotatable bonds is 2. The topological polar surface area (TPSA) is 44.1 Å². The minimum atomic E-state index is -0.367. The number of carbonyl (C=O) groups excluding carboxylic acids is 1.